The second kappa shape index (κ2) is 6.52. The van der Waals surface area contributed by atoms with Crippen LogP contribution in [0.25, 0.3) is 0 Å². The lowest BCUT2D eigenvalue weighted by Gasteiger charge is -2.26. The maximum atomic E-state index is 11.4. The summed E-state index contributed by atoms with van der Waals surface area (Å²) in [4.78, 5) is 15.3. The zero-order chi connectivity index (χ0) is 13.8. The Morgan fingerprint density at radius 1 is 1.21 bits per heavy atom. The highest BCUT2D eigenvalue weighted by Crippen LogP contribution is 2.44. The minimum absolute atomic E-state index is 0.420. The van der Waals surface area contributed by atoms with Crippen molar-refractivity contribution >= 4 is 39.7 Å². The standard InChI is InChI=1S/C13H21N3OS2/c1-18-11-9(14)10(12(15)17)19-13(11)16-7-5-3-2-4-6-8-16/h2-8,14H2,1H3,(H2,15,17). The average molecular weight is 299 g/mol. The van der Waals surface area contributed by atoms with Crippen LogP contribution in [0.5, 0.6) is 0 Å². The van der Waals surface area contributed by atoms with E-state index in [1.54, 1.807) is 11.8 Å². The molecule has 1 aliphatic rings. The number of carbonyl (C=O) groups is 1. The van der Waals surface area contributed by atoms with Gasteiger partial charge < -0.3 is 16.4 Å². The second-order valence-corrected chi connectivity index (χ2v) is 6.62. The first-order chi connectivity index (χ1) is 9.15. The molecule has 6 heteroatoms. The van der Waals surface area contributed by atoms with Gasteiger partial charge in [-0.15, -0.1) is 23.1 Å². The molecule has 2 rings (SSSR count). The van der Waals surface area contributed by atoms with Crippen molar-refractivity contribution in [3.05, 3.63) is 4.88 Å². The summed E-state index contributed by atoms with van der Waals surface area (Å²) < 4.78 is 0. The predicted molar refractivity (Wildman–Crippen MR) is 84.3 cm³/mol. The SMILES string of the molecule is CSc1c(N2CCCCCCC2)sc(C(N)=O)c1N. The Morgan fingerprint density at radius 3 is 2.32 bits per heavy atom. The van der Waals surface area contributed by atoms with Crippen LogP contribution in [-0.2, 0) is 0 Å². The summed E-state index contributed by atoms with van der Waals surface area (Å²) in [7, 11) is 0. The van der Waals surface area contributed by atoms with Gasteiger partial charge in [-0.05, 0) is 19.1 Å². The fraction of sp³-hybridized carbons (Fsp3) is 0.615. The lowest BCUT2D eigenvalue weighted by Crippen LogP contribution is -2.26. The highest BCUT2D eigenvalue weighted by atomic mass is 32.2. The van der Waals surface area contributed by atoms with Gasteiger partial charge in [-0.2, -0.15) is 0 Å². The second-order valence-electron chi connectivity index (χ2n) is 4.80. The van der Waals surface area contributed by atoms with E-state index in [1.165, 1.54) is 43.4 Å². The van der Waals surface area contributed by atoms with Gasteiger partial charge in [0.2, 0.25) is 0 Å². The van der Waals surface area contributed by atoms with Crippen LogP contribution in [-0.4, -0.2) is 25.3 Å². The van der Waals surface area contributed by atoms with Gasteiger partial charge in [-0.1, -0.05) is 19.3 Å². The summed E-state index contributed by atoms with van der Waals surface area (Å²) in [6.45, 7) is 2.09. The molecule has 1 fully saturated rings. The molecule has 0 atom stereocenters. The number of hydrogen-bond acceptors (Lipinski definition) is 5. The van der Waals surface area contributed by atoms with Gasteiger partial charge in [0, 0.05) is 13.1 Å². The number of nitrogen functional groups attached to an aromatic ring is 1. The molecule has 19 heavy (non-hydrogen) atoms. The Bertz CT molecular complexity index is 451. The molecule has 1 aromatic heterocycles. The van der Waals surface area contributed by atoms with E-state index in [1.807, 2.05) is 6.26 Å². The number of rotatable bonds is 3. The maximum Gasteiger partial charge on any atom is 0.261 e. The Kier molecular flexibility index (Phi) is 4.99. The molecule has 1 aromatic rings. The summed E-state index contributed by atoms with van der Waals surface area (Å²) in [6.07, 6.45) is 8.32. The molecule has 0 radical (unpaired) electrons. The zero-order valence-electron chi connectivity index (χ0n) is 11.3. The number of nitrogens with two attached hydrogens (primary N) is 2. The zero-order valence-corrected chi connectivity index (χ0v) is 12.9. The van der Waals surface area contributed by atoms with Crippen molar-refractivity contribution in [2.24, 2.45) is 5.73 Å². The van der Waals surface area contributed by atoms with Crippen molar-refractivity contribution in [1.29, 1.82) is 0 Å². The van der Waals surface area contributed by atoms with Gasteiger partial charge in [-0.25, -0.2) is 0 Å². The Hall–Kier alpha value is -0.880. The van der Waals surface area contributed by atoms with E-state index < -0.39 is 5.91 Å². The molecule has 0 aliphatic carbocycles. The quantitative estimate of drug-likeness (QED) is 0.842. The molecule has 0 spiro atoms. The number of thiophene rings is 1. The molecule has 1 aliphatic heterocycles. The summed E-state index contributed by atoms with van der Waals surface area (Å²) in [5.41, 5.74) is 12.0. The molecule has 0 unspecified atom stereocenters. The third-order valence-corrected chi connectivity index (χ3v) is 5.69. The van der Waals surface area contributed by atoms with Gasteiger partial charge in [0.15, 0.2) is 0 Å². The van der Waals surface area contributed by atoms with Crippen molar-refractivity contribution in [2.75, 3.05) is 30.0 Å². The summed E-state index contributed by atoms with van der Waals surface area (Å²) >= 11 is 3.05. The molecule has 0 bridgehead atoms. The molecular formula is C13H21N3OS2. The van der Waals surface area contributed by atoms with Gasteiger partial charge >= 0.3 is 0 Å². The first kappa shape index (κ1) is 14.5. The number of amides is 1. The summed E-state index contributed by atoms with van der Waals surface area (Å²) in [6, 6.07) is 0. The smallest absolute Gasteiger partial charge is 0.261 e. The highest BCUT2D eigenvalue weighted by molar-refractivity contribution is 7.99. The Labute approximate surface area is 122 Å². The van der Waals surface area contributed by atoms with E-state index in [4.69, 9.17) is 11.5 Å². The van der Waals surface area contributed by atoms with Crippen LogP contribution >= 0.6 is 23.1 Å². The monoisotopic (exact) mass is 299 g/mol. The van der Waals surface area contributed by atoms with Gasteiger partial charge in [0.05, 0.1) is 10.6 Å². The number of hydrogen-bond donors (Lipinski definition) is 2. The average Bonchev–Trinajstić information content (AvgIpc) is 2.66. The third-order valence-electron chi connectivity index (χ3n) is 3.45. The molecule has 106 valence electrons. The van der Waals surface area contributed by atoms with Crippen LogP contribution in [0.2, 0.25) is 0 Å². The van der Waals surface area contributed by atoms with E-state index >= 15 is 0 Å². The maximum absolute atomic E-state index is 11.4. The Balaban J connectivity index is 2.31. The molecule has 0 saturated carbocycles. The molecule has 4 nitrogen and oxygen atoms in total. The number of primary amides is 1. The van der Waals surface area contributed by atoms with Crippen LogP contribution in [0.15, 0.2) is 4.90 Å². The lowest BCUT2D eigenvalue weighted by atomic mass is 10.1. The van der Waals surface area contributed by atoms with Crippen LogP contribution < -0.4 is 16.4 Å². The normalized spacial score (nSPS) is 17.0. The largest absolute Gasteiger partial charge is 0.396 e. The van der Waals surface area contributed by atoms with Crippen LogP contribution in [0.1, 0.15) is 41.8 Å². The van der Waals surface area contributed by atoms with E-state index in [0.717, 1.165) is 23.0 Å². The Morgan fingerprint density at radius 2 is 1.79 bits per heavy atom. The molecule has 0 aromatic carbocycles. The van der Waals surface area contributed by atoms with Crippen LogP contribution in [0.4, 0.5) is 10.7 Å². The van der Waals surface area contributed by atoms with Gasteiger partial charge in [0.1, 0.15) is 9.88 Å². The fourth-order valence-electron chi connectivity index (χ4n) is 2.46. The first-order valence-electron chi connectivity index (χ1n) is 6.66. The summed E-state index contributed by atoms with van der Waals surface area (Å²) in [5.74, 6) is -0.420. The van der Waals surface area contributed by atoms with Crippen molar-refractivity contribution < 1.29 is 4.79 Å². The van der Waals surface area contributed by atoms with Gasteiger partial charge in [0.25, 0.3) is 5.91 Å². The van der Waals surface area contributed by atoms with E-state index in [9.17, 15) is 4.79 Å². The molecule has 1 amide bonds. The van der Waals surface area contributed by atoms with Crippen molar-refractivity contribution in [1.82, 2.24) is 0 Å². The third kappa shape index (κ3) is 3.17. The van der Waals surface area contributed by atoms with Crippen LogP contribution in [0.3, 0.4) is 0 Å². The van der Waals surface area contributed by atoms with Crippen LogP contribution in [0, 0.1) is 0 Å². The minimum Gasteiger partial charge on any atom is -0.396 e. The number of carbonyl (C=O) groups excluding carboxylic acids is 1. The first-order valence-corrected chi connectivity index (χ1v) is 8.70. The molecule has 1 saturated heterocycles. The van der Waals surface area contributed by atoms with E-state index in [0.29, 0.717) is 10.6 Å². The fourth-order valence-corrected chi connectivity index (χ4v) is 4.54. The van der Waals surface area contributed by atoms with Gasteiger partial charge in [-0.3, -0.25) is 4.79 Å². The molecular weight excluding hydrogens is 278 g/mol. The van der Waals surface area contributed by atoms with E-state index in [2.05, 4.69) is 4.90 Å². The topological polar surface area (TPSA) is 72.3 Å². The lowest BCUT2D eigenvalue weighted by molar-refractivity contribution is 0.100. The van der Waals surface area contributed by atoms with Crippen molar-refractivity contribution in [3.8, 4) is 0 Å². The summed E-state index contributed by atoms with van der Waals surface area (Å²) in [5, 5.41) is 1.13. The minimum atomic E-state index is -0.420. The molecule has 4 N–H and O–H groups in total. The molecule has 2 heterocycles. The number of anilines is 2. The number of nitrogens with zero attached hydrogens (tertiary/aromatic N) is 1. The van der Waals surface area contributed by atoms with Crippen molar-refractivity contribution in [2.45, 2.75) is 37.0 Å². The van der Waals surface area contributed by atoms with Crippen molar-refractivity contribution in [3.63, 3.8) is 0 Å². The predicted octanol–water partition coefficient (Wildman–Crippen LogP) is 2.92. The number of thioether (sulfide) groups is 1. The highest BCUT2D eigenvalue weighted by Gasteiger charge is 2.22. The van der Waals surface area contributed by atoms with E-state index in [-0.39, 0.29) is 0 Å².